The summed E-state index contributed by atoms with van der Waals surface area (Å²) in [7, 11) is 0. The molecule has 4 nitrogen and oxygen atoms in total. The fourth-order valence-electron chi connectivity index (χ4n) is 3.37. The average Bonchev–Trinajstić information content (AvgIpc) is 2.52. The number of hydrogen-bond donors (Lipinski definition) is 1. The summed E-state index contributed by atoms with van der Waals surface area (Å²) in [6.45, 7) is 7.73. The monoisotopic (exact) mass is 318 g/mol. The number of amides is 1. The molecule has 0 radical (unpaired) electrons. The number of piperidine rings is 2. The highest BCUT2D eigenvalue weighted by atomic mass is 35.5. The third-order valence-electron chi connectivity index (χ3n) is 4.65. The fraction of sp³-hybridized carbons (Fsp3) is 0.938. The van der Waals surface area contributed by atoms with Crippen LogP contribution in [0, 0.1) is 11.8 Å². The van der Waals surface area contributed by atoms with E-state index in [4.69, 9.17) is 4.74 Å². The molecule has 1 unspecified atom stereocenters. The van der Waals surface area contributed by atoms with Crippen LogP contribution in [0.15, 0.2) is 0 Å². The first kappa shape index (κ1) is 18.7. The zero-order valence-corrected chi connectivity index (χ0v) is 14.1. The van der Waals surface area contributed by atoms with Crippen molar-refractivity contribution >= 4 is 18.3 Å². The van der Waals surface area contributed by atoms with Crippen LogP contribution in [-0.2, 0) is 9.53 Å². The van der Waals surface area contributed by atoms with E-state index in [0.717, 1.165) is 64.6 Å². The Morgan fingerprint density at radius 3 is 2.71 bits per heavy atom. The fourth-order valence-corrected chi connectivity index (χ4v) is 3.37. The molecule has 0 saturated carbocycles. The highest BCUT2D eigenvalue weighted by Crippen LogP contribution is 2.21. The van der Waals surface area contributed by atoms with Gasteiger partial charge in [-0.3, -0.25) is 4.79 Å². The van der Waals surface area contributed by atoms with Gasteiger partial charge in [0.15, 0.2) is 0 Å². The Labute approximate surface area is 135 Å². The van der Waals surface area contributed by atoms with Crippen molar-refractivity contribution in [3.63, 3.8) is 0 Å². The van der Waals surface area contributed by atoms with Gasteiger partial charge >= 0.3 is 0 Å². The number of nitrogens with zero attached hydrogens (tertiary/aromatic N) is 1. The van der Waals surface area contributed by atoms with Gasteiger partial charge < -0.3 is 15.0 Å². The molecule has 2 aliphatic heterocycles. The molecular weight excluding hydrogens is 288 g/mol. The lowest BCUT2D eigenvalue weighted by molar-refractivity contribution is -0.133. The van der Waals surface area contributed by atoms with Crippen molar-refractivity contribution in [1.82, 2.24) is 10.2 Å². The van der Waals surface area contributed by atoms with E-state index in [9.17, 15) is 4.79 Å². The number of nitrogens with one attached hydrogen (secondary N) is 1. The zero-order valence-electron chi connectivity index (χ0n) is 13.3. The van der Waals surface area contributed by atoms with Gasteiger partial charge in [0, 0.05) is 26.1 Å². The van der Waals surface area contributed by atoms with Gasteiger partial charge in [0.05, 0.1) is 6.61 Å². The summed E-state index contributed by atoms with van der Waals surface area (Å²) in [6.07, 6.45) is 6.63. The largest absolute Gasteiger partial charge is 0.381 e. The average molecular weight is 319 g/mol. The molecular formula is C16H31ClN2O2. The van der Waals surface area contributed by atoms with Crippen molar-refractivity contribution in [1.29, 1.82) is 0 Å². The third-order valence-corrected chi connectivity index (χ3v) is 4.65. The second-order valence-electron chi connectivity index (χ2n) is 6.24. The number of ether oxygens (including phenoxy) is 1. The molecule has 1 amide bonds. The van der Waals surface area contributed by atoms with E-state index < -0.39 is 0 Å². The van der Waals surface area contributed by atoms with Gasteiger partial charge in [0.1, 0.15) is 0 Å². The third kappa shape index (κ3) is 6.54. The maximum atomic E-state index is 12.3. The lowest BCUT2D eigenvalue weighted by Crippen LogP contribution is -2.41. The standard InChI is InChI=1S/C16H30N2O2.ClH/c1-2-20-13-15-4-3-11-18(12-15)16(19)6-5-14-7-9-17-10-8-14;/h14-15,17H,2-13H2,1H3;1H. The number of carbonyl (C=O) groups is 1. The van der Waals surface area contributed by atoms with Gasteiger partial charge in [-0.1, -0.05) is 0 Å². The van der Waals surface area contributed by atoms with Crippen LogP contribution in [0.1, 0.15) is 45.4 Å². The first-order valence-electron chi connectivity index (χ1n) is 8.35. The maximum Gasteiger partial charge on any atom is 0.222 e. The van der Waals surface area contributed by atoms with E-state index in [1.807, 2.05) is 6.92 Å². The molecule has 1 atom stereocenters. The van der Waals surface area contributed by atoms with Crippen molar-refractivity contribution in [3.05, 3.63) is 0 Å². The second kappa shape index (κ2) is 10.4. The van der Waals surface area contributed by atoms with Gasteiger partial charge in [-0.25, -0.2) is 0 Å². The maximum absolute atomic E-state index is 12.3. The van der Waals surface area contributed by atoms with E-state index in [1.54, 1.807) is 0 Å². The number of hydrogen-bond acceptors (Lipinski definition) is 3. The van der Waals surface area contributed by atoms with Crippen LogP contribution in [0.2, 0.25) is 0 Å². The molecule has 0 bridgehead atoms. The molecule has 2 rings (SSSR count). The van der Waals surface area contributed by atoms with Gasteiger partial charge in [-0.05, 0) is 64.0 Å². The van der Waals surface area contributed by atoms with Crippen molar-refractivity contribution < 1.29 is 9.53 Å². The van der Waals surface area contributed by atoms with Crippen LogP contribution in [-0.4, -0.2) is 50.2 Å². The first-order valence-corrected chi connectivity index (χ1v) is 8.35. The van der Waals surface area contributed by atoms with E-state index in [2.05, 4.69) is 10.2 Å². The molecule has 2 heterocycles. The molecule has 0 spiro atoms. The smallest absolute Gasteiger partial charge is 0.222 e. The number of carbonyl (C=O) groups excluding carboxylic acids is 1. The summed E-state index contributed by atoms with van der Waals surface area (Å²) in [5, 5.41) is 3.38. The van der Waals surface area contributed by atoms with Gasteiger partial charge in [0.25, 0.3) is 0 Å². The topological polar surface area (TPSA) is 41.6 Å². The van der Waals surface area contributed by atoms with Crippen LogP contribution in [0.5, 0.6) is 0 Å². The van der Waals surface area contributed by atoms with Gasteiger partial charge in [0.2, 0.25) is 5.91 Å². The Balaban J connectivity index is 0.00000220. The van der Waals surface area contributed by atoms with Crippen molar-refractivity contribution in [2.75, 3.05) is 39.4 Å². The van der Waals surface area contributed by atoms with Crippen molar-refractivity contribution in [2.45, 2.75) is 45.4 Å². The zero-order chi connectivity index (χ0) is 14.2. The summed E-state index contributed by atoms with van der Waals surface area (Å²) >= 11 is 0. The summed E-state index contributed by atoms with van der Waals surface area (Å²) in [6, 6.07) is 0. The predicted octanol–water partition coefficient (Wildman–Crippen LogP) is 2.46. The lowest BCUT2D eigenvalue weighted by atomic mass is 9.92. The minimum Gasteiger partial charge on any atom is -0.381 e. The van der Waals surface area contributed by atoms with Crippen molar-refractivity contribution in [3.8, 4) is 0 Å². The van der Waals surface area contributed by atoms with Crippen LogP contribution < -0.4 is 5.32 Å². The second-order valence-corrected chi connectivity index (χ2v) is 6.24. The Morgan fingerprint density at radius 2 is 2.00 bits per heavy atom. The highest BCUT2D eigenvalue weighted by Gasteiger charge is 2.24. The van der Waals surface area contributed by atoms with E-state index in [0.29, 0.717) is 11.8 Å². The Kier molecular flexibility index (Phi) is 9.29. The van der Waals surface area contributed by atoms with Crippen LogP contribution in [0.4, 0.5) is 0 Å². The SMILES string of the molecule is CCOCC1CCCN(C(=O)CCC2CCNCC2)C1.Cl. The predicted molar refractivity (Wildman–Crippen MR) is 87.9 cm³/mol. The number of rotatable bonds is 6. The number of halogens is 1. The quantitative estimate of drug-likeness (QED) is 0.818. The molecule has 2 fully saturated rings. The summed E-state index contributed by atoms with van der Waals surface area (Å²) in [5.41, 5.74) is 0. The molecule has 0 aromatic heterocycles. The molecule has 1 N–H and O–H groups in total. The van der Waals surface area contributed by atoms with E-state index >= 15 is 0 Å². The van der Waals surface area contributed by atoms with Crippen LogP contribution in [0.3, 0.4) is 0 Å². The molecule has 2 saturated heterocycles. The minimum atomic E-state index is 0. The lowest BCUT2D eigenvalue weighted by Gasteiger charge is -2.33. The van der Waals surface area contributed by atoms with Crippen molar-refractivity contribution in [2.24, 2.45) is 11.8 Å². The molecule has 0 aromatic carbocycles. The minimum absolute atomic E-state index is 0. The summed E-state index contributed by atoms with van der Waals surface area (Å²) in [5.74, 6) is 1.67. The first-order chi connectivity index (χ1) is 9.79. The normalized spacial score (nSPS) is 23.7. The Hall–Kier alpha value is -0.320. The molecule has 0 aromatic rings. The van der Waals surface area contributed by atoms with Crippen LogP contribution >= 0.6 is 12.4 Å². The molecule has 5 heteroatoms. The summed E-state index contributed by atoms with van der Waals surface area (Å²) < 4.78 is 5.51. The Bertz CT molecular complexity index is 296. The molecule has 2 aliphatic rings. The molecule has 21 heavy (non-hydrogen) atoms. The van der Waals surface area contributed by atoms with E-state index in [-0.39, 0.29) is 12.4 Å². The molecule has 0 aliphatic carbocycles. The van der Waals surface area contributed by atoms with Gasteiger partial charge in [-0.15, -0.1) is 12.4 Å². The summed E-state index contributed by atoms with van der Waals surface area (Å²) in [4.78, 5) is 14.4. The Morgan fingerprint density at radius 1 is 1.24 bits per heavy atom. The number of likely N-dealkylation sites (tertiary alicyclic amines) is 1. The van der Waals surface area contributed by atoms with E-state index in [1.165, 1.54) is 19.3 Å². The molecule has 124 valence electrons. The highest BCUT2D eigenvalue weighted by molar-refractivity contribution is 5.85. The van der Waals surface area contributed by atoms with Crippen LogP contribution in [0.25, 0.3) is 0 Å². The van der Waals surface area contributed by atoms with Gasteiger partial charge in [-0.2, -0.15) is 0 Å².